The maximum atomic E-state index is 5.88. The van der Waals surface area contributed by atoms with Gasteiger partial charge >= 0.3 is 0 Å². The summed E-state index contributed by atoms with van der Waals surface area (Å²) in [6.45, 7) is 8.29. The molecule has 0 aromatic heterocycles. The van der Waals surface area contributed by atoms with Crippen LogP contribution in [0.5, 0.6) is 0 Å². The van der Waals surface area contributed by atoms with E-state index in [1.807, 2.05) is 0 Å². The van der Waals surface area contributed by atoms with Gasteiger partial charge in [-0.05, 0) is 50.4 Å². The molecule has 0 saturated carbocycles. The number of halogens is 1. The second-order valence-corrected chi connectivity index (χ2v) is 5.71. The van der Waals surface area contributed by atoms with Crippen molar-refractivity contribution in [3.8, 4) is 0 Å². The summed E-state index contributed by atoms with van der Waals surface area (Å²) in [4.78, 5) is 0. The van der Waals surface area contributed by atoms with Gasteiger partial charge in [-0.1, -0.05) is 41.9 Å². The molecule has 19 heavy (non-hydrogen) atoms. The molecule has 0 aliphatic rings. The van der Waals surface area contributed by atoms with Crippen molar-refractivity contribution in [2.75, 3.05) is 13.2 Å². The Hall–Kier alpha value is -0.380. The molecule has 0 aliphatic carbocycles. The van der Waals surface area contributed by atoms with E-state index in [0.717, 1.165) is 36.9 Å². The highest BCUT2D eigenvalue weighted by atomic mass is 79.9. The van der Waals surface area contributed by atoms with Crippen molar-refractivity contribution in [3.63, 3.8) is 0 Å². The molecule has 3 heteroatoms. The molecular formula is C16H26BrNO. The molecule has 0 bridgehead atoms. The second-order valence-electron chi connectivity index (χ2n) is 4.80. The van der Waals surface area contributed by atoms with Crippen LogP contribution in [0.1, 0.15) is 39.2 Å². The Morgan fingerprint density at radius 2 is 2.05 bits per heavy atom. The summed E-state index contributed by atoms with van der Waals surface area (Å²) in [6, 6.07) is 8.93. The number of hydrogen-bond donors (Lipinski definition) is 1. The van der Waals surface area contributed by atoms with Crippen molar-refractivity contribution in [3.05, 3.63) is 34.3 Å². The Morgan fingerprint density at radius 1 is 1.26 bits per heavy atom. The van der Waals surface area contributed by atoms with Gasteiger partial charge in [0.1, 0.15) is 0 Å². The molecule has 0 fully saturated rings. The maximum Gasteiger partial charge on any atom is 0.0728 e. The van der Waals surface area contributed by atoms with Gasteiger partial charge in [0, 0.05) is 17.1 Å². The predicted octanol–water partition coefficient (Wildman–Crippen LogP) is 4.17. The zero-order valence-electron chi connectivity index (χ0n) is 12.3. The van der Waals surface area contributed by atoms with Gasteiger partial charge < -0.3 is 10.1 Å². The van der Waals surface area contributed by atoms with Crippen molar-refractivity contribution < 1.29 is 4.74 Å². The molecule has 2 unspecified atom stereocenters. The highest BCUT2D eigenvalue weighted by molar-refractivity contribution is 9.10. The Morgan fingerprint density at radius 3 is 2.63 bits per heavy atom. The van der Waals surface area contributed by atoms with Crippen molar-refractivity contribution in [2.45, 2.75) is 52.2 Å². The standard InChI is InChI=1S/C16H26BrNO/c1-4-10-18-15(16(5-2)19-6-3)12-13-8-7-9-14(17)11-13/h7-9,11,15-16,18H,4-6,10,12H2,1-3H3. The summed E-state index contributed by atoms with van der Waals surface area (Å²) in [5.74, 6) is 0. The first-order chi connectivity index (χ1) is 9.21. The maximum absolute atomic E-state index is 5.88. The molecule has 0 amide bonds. The third kappa shape index (κ3) is 6.07. The minimum absolute atomic E-state index is 0.288. The van der Waals surface area contributed by atoms with Gasteiger partial charge in [-0.15, -0.1) is 0 Å². The third-order valence-corrected chi connectivity index (χ3v) is 3.73. The lowest BCUT2D eigenvalue weighted by Crippen LogP contribution is -2.43. The minimum Gasteiger partial charge on any atom is -0.377 e. The molecule has 0 heterocycles. The molecule has 2 atom stereocenters. The van der Waals surface area contributed by atoms with Gasteiger partial charge in [0.15, 0.2) is 0 Å². The predicted molar refractivity (Wildman–Crippen MR) is 85.6 cm³/mol. The first-order valence-electron chi connectivity index (χ1n) is 7.30. The van der Waals surface area contributed by atoms with Gasteiger partial charge in [-0.25, -0.2) is 0 Å². The lowest BCUT2D eigenvalue weighted by Gasteiger charge is -2.27. The van der Waals surface area contributed by atoms with E-state index in [0.29, 0.717) is 6.04 Å². The Labute approximate surface area is 126 Å². The Bertz CT molecular complexity index is 356. The molecule has 1 aromatic rings. The summed E-state index contributed by atoms with van der Waals surface area (Å²) in [5, 5.41) is 3.63. The fourth-order valence-electron chi connectivity index (χ4n) is 2.32. The van der Waals surface area contributed by atoms with Gasteiger partial charge in [-0.2, -0.15) is 0 Å². The number of ether oxygens (including phenoxy) is 1. The molecular weight excluding hydrogens is 302 g/mol. The van der Waals surface area contributed by atoms with Gasteiger partial charge in [0.25, 0.3) is 0 Å². The summed E-state index contributed by atoms with van der Waals surface area (Å²) in [6.07, 6.45) is 3.49. The van der Waals surface area contributed by atoms with E-state index in [4.69, 9.17) is 4.74 Å². The lowest BCUT2D eigenvalue weighted by molar-refractivity contribution is 0.0319. The van der Waals surface area contributed by atoms with E-state index in [1.165, 1.54) is 5.56 Å². The van der Waals surface area contributed by atoms with Crippen molar-refractivity contribution in [2.24, 2.45) is 0 Å². The van der Waals surface area contributed by atoms with E-state index in [2.05, 4.69) is 66.3 Å². The van der Waals surface area contributed by atoms with E-state index in [9.17, 15) is 0 Å². The molecule has 0 saturated heterocycles. The van der Waals surface area contributed by atoms with Crippen LogP contribution in [0.2, 0.25) is 0 Å². The van der Waals surface area contributed by atoms with Crippen LogP contribution in [-0.2, 0) is 11.2 Å². The lowest BCUT2D eigenvalue weighted by atomic mass is 9.99. The van der Waals surface area contributed by atoms with E-state index in [-0.39, 0.29) is 6.10 Å². The fraction of sp³-hybridized carbons (Fsp3) is 0.625. The molecule has 1 rings (SSSR count). The highest BCUT2D eigenvalue weighted by Gasteiger charge is 2.20. The van der Waals surface area contributed by atoms with Crippen LogP contribution in [0, 0.1) is 0 Å². The third-order valence-electron chi connectivity index (χ3n) is 3.23. The number of benzene rings is 1. The zero-order valence-corrected chi connectivity index (χ0v) is 13.9. The topological polar surface area (TPSA) is 21.3 Å². The smallest absolute Gasteiger partial charge is 0.0728 e. The van der Waals surface area contributed by atoms with Gasteiger partial charge in [-0.3, -0.25) is 0 Å². The number of nitrogens with one attached hydrogen (secondary N) is 1. The first kappa shape index (κ1) is 16.7. The Kier molecular flexibility index (Phi) is 8.35. The number of rotatable bonds is 9. The van der Waals surface area contributed by atoms with Crippen LogP contribution >= 0.6 is 15.9 Å². The average Bonchev–Trinajstić information content (AvgIpc) is 2.41. The van der Waals surface area contributed by atoms with Crippen LogP contribution in [0.25, 0.3) is 0 Å². The molecule has 1 N–H and O–H groups in total. The molecule has 2 nitrogen and oxygen atoms in total. The quantitative estimate of drug-likeness (QED) is 0.734. The summed E-state index contributed by atoms with van der Waals surface area (Å²) in [7, 11) is 0. The van der Waals surface area contributed by atoms with E-state index >= 15 is 0 Å². The minimum atomic E-state index is 0.288. The van der Waals surface area contributed by atoms with Gasteiger partial charge in [0.2, 0.25) is 0 Å². The SMILES string of the molecule is CCCNC(Cc1cccc(Br)c1)C(CC)OCC. The van der Waals surface area contributed by atoms with Crippen LogP contribution in [0.4, 0.5) is 0 Å². The molecule has 1 aromatic carbocycles. The fourth-order valence-corrected chi connectivity index (χ4v) is 2.76. The summed E-state index contributed by atoms with van der Waals surface area (Å²) < 4.78 is 7.02. The zero-order chi connectivity index (χ0) is 14.1. The average molecular weight is 328 g/mol. The Balaban J connectivity index is 2.72. The van der Waals surface area contributed by atoms with Crippen LogP contribution < -0.4 is 5.32 Å². The second kappa shape index (κ2) is 9.51. The van der Waals surface area contributed by atoms with Crippen LogP contribution in [0.15, 0.2) is 28.7 Å². The normalized spacial score (nSPS) is 14.3. The molecule has 0 spiro atoms. The molecule has 0 radical (unpaired) electrons. The van der Waals surface area contributed by atoms with Crippen molar-refractivity contribution >= 4 is 15.9 Å². The van der Waals surface area contributed by atoms with Crippen LogP contribution in [-0.4, -0.2) is 25.3 Å². The van der Waals surface area contributed by atoms with E-state index in [1.54, 1.807) is 0 Å². The molecule has 0 aliphatic heterocycles. The highest BCUT2D eigenvalue weighted by Crippen LogP contribution is 2.16. The summed E-state index contributed by atoms with van der Waals surface area (Å²) in [5.41, 5.74) is 1.35. The van der Waals surface area contributed by atoms with E-state index < -0.39 is 0 Å². The number of hydrogen-bond acceptors (Lipinski definition) is 2. The first-order valence-corrected chi connectivity index (χ1v) is 8.09. The van der Waals surface area contributed by atoms with Crippen LogP contribution in [0.3, 0.4) is 0 Å². The molecule has 108 valence electrons. The van der Waals surface area contributed by atoms with Crippen molar-refractivity contribution in [1.82, 2.24) is 5.32 Å². The van der Waals surface area contributed by atoms with Crippen molar-refractivity contribution in [1.29, 1.82) is 0 Å². The van der Waals surface area contributed by atoms with Gasteiger partial charge in [0.05, 0.1) is 6.10 Å². The summed E-state index contributed by atoms with van der Waals surface area (Å²) >= 11 is 3.54. The monoisotopic (exact) mass is 327 g/mol. The largest absolute Gasteiger partial charge is 0.377 e.